The first-order valence-electron chi connectivity index (χ1n) is 10.7. The molecule has 1 rings (SSSR count). The van der Waals surface area contributed by atoms with Gasteiger partial charge >= 0.3 is 6.18 Å². The molecule has 5 heteroatoms. The van der Waals surface area contributed by atoms with Gasteiger partial charge in [0.25, 0.3) is 0 Å². The fraction of sp³-hybridized carbons (Fsp3) is 0.500. The minimum Gasteiger partial charge on any atom is -0.299 e. The van der Waals surface area contributed by atoms with Crippen LogP contribution in [0.1, 0.15) is 53.9 Å². The highest BCUT2D eigenvalue weighted by Crippen LogP contribution is 2.34. The Hall–Kier alpha value is -2.32. The number of alkyl halides is 3. The Morgan fingerprint density at radius 3 is 1.81 bits per heavy atom. The number of hydrogen-bond acceptors (Lipinski definition) is 2. The molecule has 0 unspecified atom stereocenters. The van der Waals surface area contributed by atoms with E-state index in [1.807, 2.05) is 33.8 Å². The van der Waals surface area contributed by atoms with Gasteiger partial charge in [-0.2, -0.15) is 18.4 Å². The van der Waals surface area contributed by atoms with Gasteiger partial charge in [-0.25, -0.2) is 0 Å². The summed E-state index contributed by atoms with van der Waals surface area (Å²) in [6.45, 7) is 27.2. The summed E-state index contributed by atoms with van der Waals surface area (Å²) in [6, 6.07) is 2.26. The number of rotatable bonds is 8. The average Bonchev–Trinajstić information content (AvgIpc) is 2.74. The smallest absolute Gasteiger partial charge is 0.299 e. The number of piperidine rings is 1. The van der Waals surface area contributed by atoms with E-state index in [0.717, 1.165) is 37.6 Å². The molecule has 0 spiro atoms. The fourth-order valence-corrected chi connectivity index (χ4v) is 2.69. The van der Waals surface area contributed by atoms with Crippen molar-refractivity contribution in [3.05, 3.63) is 72.9 Å². The van der Waals surface area contributed by atoms with Crippen molar-refractivity contribution < 1.29 is 13.2 Å². The van der Waals surface area contributed by atoms with Crippen molar-refractivity contribution in [1.29, 1.82) is 5.26 Å². The first-order valence-corrected chi connectivity index (χ1v) is 10.7. The van der Waals surface area contributed by atoms with Gasteiger partial charge in [-0.05, 0) is 48.1 Å². The van der Waals surface area contributed by atoms with Gasteiger partial charge in [0.2, 0.25) is 0 Å². The highest BCUT2D eigenvalue weighted by atomic mass is 19.4. The number of nitriles is 1. The average molecular weight is 437 g/mol. The van der Waals surface area contributed by atoms with Gasteiger partial charge in [0.05, 0.1) is 6.07 Å². The Labute approximate surface area is 187 Å². The van der Waals surface area contributed by atoms with Gasteiger partial charge in [-0.3, -0.25) is 4.90 Å². The Bertz CT molecular complexity index is 695. The summed E-state index contributed by atoms with van der Waals surface area (Å²) < 4.78 is 37.3. The summed E-state index contributed by atoms with van der Waals surface area (Å²) in [6.07, 6.45) is 3.76. The van der Waals surface area contributed by atoms with E-state index in [2.05, 4.69) is 44.2 Å². The number of likely N-dealkylation sites (tertiary alicyclic amines) is 1. The third kappa shape index (κ3) is 12.9. The molecule has 174 valence electrons. The van der Waals surface area contributed by atoms with Crippen molar-refractivity contribution in [2.24, 2.45) is 5.41 Å². The summed E-state index contributed by atoms with van der Waals surface area (Å²) in [5, 5.41) is 8.90. The largest absolute Gasteiger partial charge is 0.415 e. The van der Waals surface area contributed by atoms with Crippen LogP contribution >= 0.6 is 0 Å². The van der Waals surface area contributed by atoms with Crippen molar-refractivity contribution in [2.45, 2.75) is 60.1 Å². The summed E-state index contributed by atoms with van der Waals surface area (Å²) in [7, 11) is 0. The zero-order valence-electron chi connectivity index (χ0n) is 19.9. The molecule has 0 aromatic rings. The zero-order valence-corrected chi connectivity index (χ0v) is 19.9. The summed E-state index contributed by atoms with van der Waals surface area (Å²) in [4.78, 5) is 2.29. The Kier molecular flexibility index (Phi) is 15.4. The second-order valence-corrected chi connectivity index (χ2v) is 7.32. The molecule has 0 aliphatic carbocycles. The van der Waals surface area contributed by atoms with Gasteiger partial charge in [0.1, 0.15) is 0 Å². The number of halogens is 3. The van der Waals surface area contributed by atoms with E-state index in [9.17, 15) is 13.2 Å². The molecular weight excluding hydrogens is 397 g/mol. The van der Waals surface area contributed by atoms with Gasteiger partial charge in [0.15, 0.2) is 0 Å². The minimum absolute atomic E-state index is 0.0984. The Balaban J connectivity index is 0. The first-order chi connectivity index (χ1) is 14.5. The van der Waals surface area contributed by atoms with Gasteiger partial charge in [-0.15, -0.1) is 0 Å². The van der Waals surface area contributed by atoms with Crippen LogP contribution in [0.2, 0.25) is 0 Å². The van der Waals surface area contributed by atoms with E-state index in [1.165, 1.54) is 6.08 Å². The molecule has 31 heavy (non-hydrogen) atoms. The van der Waals surface area contributed by atoms with Crippen LogP contribution in [0, 0.1) is 16.7 Å². The summed E-state index contributed by atoms with van der Waals surface area (Å²) in [5.41, 5.74) is 0.952. The molecule has 0 bridgehead atoms. The van der Waals surface area contributed by atoms with Crippen LogP contribution in [0.5, 0.6) is 0 Å². The second-order valence-electron chi connectivity index (χ2n) is 7.32. The quantitative estimate of drug-likeness (QED) is 0.361. The predicted molar refractivity (Wildman–Crippen MR) is 128 cm³/mol. The van der Waals surface area contributed by atoms with Crippen LogP contribution in [0.4, 0.5) is 13.2 Å². The van der Waals surface area contributed by atoms with Crippen molar-refractivity contribution in [2.75, 3.05) is 19.6 Å². The van der Waals surface area contributed by atoms with E-state index in [4.69, 9.17) is 5.26 Å². The van der Waals surface area contributed by atoms with Gasteiger partial charge in [0, 0.05) is 18.5 Å². The lowest BCUT2D eigenvalue weighted by atomic mass is 9.78. The third-order valence-electron chi connectivity index (χ3n) is 4.78. The van der Waals surface area contributed by atoms with Crippen LogP contribution in [-0.2, 0) is 0 Å². The fourth-order valence-electron chi connectivity index (χ4n) is 2.69. The third-order valence-corrected chi connectivity index (χ3v) is 4.78. The molecule has 0 radical (unpaired) electrons. The molecule has 0 amide bonds. The first kappa shape index (κ1) is 30.9. The molecule has 1 aliphatic heterocycles. The maximum absolute atomic E-state index is 12.4. The number of nitrogens with zero attached hydrogens (tertiary/aromatic N) is 2. The number of allylic oxidation sites excluding steroid dienone is 6. The standard InChI is InChI=1S/C22H27F3N2.2C2H6/c1-17(16-27-14-11-21(5,10-13-26)12-15-27)6-7-18(2)19(3)8-9-20(4)22(23,24)25;2*1-2/h6-9H,1-4,10-12,14-16H2,5H3;2*1-2H3/b7-6-,9-8-;;. The molecule has 0 aromatic heterocycles. The molecule has 1 saturated heterocycles. The van der Waals surface area contributed by atoms with Crippen LogP contribution in [0.3, 0.4) is 0 Å². The molecule has 2 nitrogen and oxygen atoms in total. The molecule has 0 aromatic carbocycles. The highest BCUT2D eigenvalue weighted by Gasteiger charge is 2.30. The van der Waals surface area contributed by atoms with Gasteiger partial charge < -0.3 is 0 Å². The van der Waals surface area contributed by atoms with E-state index in [1.54, 1.807) is 6.08 Å². The lowest BCUT2D eigenvalue weighted by Crippen LogP contribution is -2.39. The van der Waals surface area contributed by atoms with Crippen molar-refractivity contribution in [3.63, 3.8) is 0 Å². The molecule has 0 saturated carbocycles. The maximum Gasteiger partial charge on any atom is 0.415 e. The van der Waals surface area contributed by atoms with E-state index in [0.29, 0.717) is 24.1 Å². The lowest BCUT2D eigenvalue weighted by Gasteiger charge is -2.38. The monoisotopic (exact) mass is 436 g/mol. The van der Waals surface area contributed by atoms with Crippen molar-refractivity contribution >= 4 is 0 Å². The van der Waals surface area contributed by atoms with E-state index < -0.39 is 11.7 Å². The van der Waals surface area contributed by atoms with Crippen LogP contribution in [0.25, 0.3) is 0 Å². The topological polar surface area (TPSA) is 27.0 Å². The van der Waals surface area contributed by atoms with Crippen LogP contribution < -0.4 is 0 Å². The van der Waals surface area contributed by atoms with Crippen molar-refractivity contribution in [1.82, 2.24) is 4.90 Å². The molecule has 1 heterocycles. The Morgan fingerprint density at radius 1 is 0.935 bits per heavy atom. The number of hydrogen-bond donors (Lipinski definition) is 0. The molecule has 0 N–H and O–H groups in total. The predicted octanol–water partition coefficient (Wildman–Crippen LogP) is 7.95. The van der Waals surface area contributed by atoms with Crippen LogP contribution in [0.15, 0.2) is 72.9 Å². The summed E-state index contributed by atoms with van der Waals surface area (Å²) in [5.74, 6) is 0. The lowest BCUT2D eigenvalue weighted by molar-refractivity contribution is -0.0878. The Morgan fingerprint density at radius 2 is 1.39 bits per heavy atom. The van der Waals surface area contributed by atoms with E-state index >= 15 is 0 Å². The summed E-state index contributed by atoms with van der Waals surface area (Å²) >= 11 is 0. The van der Waals surface area contributed by atoms with E-state index in [-0.39, 0.29) is 5.41 Å². The van der Waals surface area contributed by atoms with Crippen LogP contribution in [-0.4, -0.2) is 30.7 Å². The molecule has 1 aliphatic rings. The molecular formula is C26H39F3N2. The minimum atomic E-state index is -4.44. The second kappa shape index (κ2) is 15.5. The SMILES string of the molecule is C=C(/C=C\C(=C)C(=C)/C=C\C(=C)C(F)(F)F)CN1CCC(C)(CC#N)CC1.CC.CC. The normalized spacial score (nSPS) is 15.8. The zero-order chi connectivity index (χ0) is 24.7. The van der Waals surface area contributed by atoms with Gasteiger partial charge in [-0.1, -0.05) is 85.2 Å². The van der Waals surface area contributed by atoms with Crippen molar-refractivity contribution in [3.8, 4) is 6.07 Å². The molecule has 1 fully saturated rings. The molecule has 0 atom stereocenters. The highest BCUT2D eigenvalue weighted by molar-refractivity contribution is 5.45. The maximum atomic E-state index is 12.4.